The second-order valence-corrected chi connectivity index (χ2v) is 6.96. The van der Waals surface area contributed by atoms with E-state index in [4.69, 9.17) is 0 Å². The molecule has 0 spiro atoms. The molecule has 0 unspecified atom stereocenters. The van der Waals surface area contributed by atoms with Crippen molar-refractivity contribution in [2.45, 2.75) is 19.8 Å². The van der Waals surface area contributed by atoms with Crippen LogP contribution in [0.2, 0.25) is 0 Å². The van der Waals surface area contributed by atoms with Crippen LogP contribution in [0, 0.1) is 6.92 Å². The fourth-order valence-corrected chi connectivity index (χ4v) is 3.39. The van der Waals surface area contributed by atoms with Gasteiger partial charge >= 0.3 is 0 Å². The van der Waals surface area contributed by atoms with Crippen molar-refractivity contribution in [1.82, 2.24) is 14.8 Å². The number of hydrogen-bond donors (Lipinski definition) is 1. The number of hydrogen-bond acceptors (Lipinski definition) is 4. The maximum Gasteiger partial charge on any atom is 0.274 e. The smallest absolute Gasteiger partial charge is 0.274 e. The zero-order chi connectivity index (χ0) is 18.8. The van der Waals surface area contributed by atoms with Gasteiger partial charge < -0.3 is 10.2 Å². The van der Waals surface area contributed by atoms with Gasteiger partial charge in [0.1, 0.15) is 5.69 Å². The number of benzene rings is 1. The maximum absolute atomic E-state index is 12.8. The van der Waals surface area contributed by atoms with E-state index in [1.807, 2.05) is 44.4 Å². The maximum atomic E-state index is 12.8. The van der Waals surface area contributed by atoms with Gasteiger partial charge in [-0.1, -0.05) is 6.07 Å². The van der Waals surface area contributed by atoms with Gasteiger partial charge in [0.05, 0.1) is 11.9 Å². The van der Waals surface area contributed by atoms with E-state index in [-0.39, 0.29) is 5.91 Å². The first-order valence-electron chi connectivity index (χ1n) is 9.23. The van der Waals surface area contributed by atoms with Gasteiger partial charge in [-0.3, -0.25) is 9.48 Å². The number of aromatic nitrogens is 3. The standard InChI is InChI=1S/C21H23N5O/c1-15-5-10-19(16-13-22-25(2)14-16)24-20(15)21(27)23-17-6-8-18(9-7-17)26-11-3-4-12-26/h5-10,13-14H,3-4,11-12H2,1-2H3,(H,23,27). The van der Waals surface area contributed by atoms with Crippen LogP contribution in [0.25, 0.3) is 11.3 Å². The summed E-state index contributed by atoms with van der Waals surface area (Å²) in [6.07, 6.45) is 6.13. The number of carbonyl (C=O) groups is 1. The highest BCUT2D eigenvalue weighted by Gasteiger charge is 2.15. The molecule has 0 aliphatic carbocycles. The molecule has 0 atom stereocenters. The Morgan fingerprint density at radius 2 is 1.81 bits per heavy atom. The Morgan fingerprint density at radius 1 is 1.07 bits per heavy atom. The van der Waals surface area contributed by atoms with Crippen LogP contribution >= 0.6 is 0 Å². The molecule has 3 aromatic rings. The van der Waals surface area contributed by atoms with Crippen molar-refractivity contribution in [2.24, 2.45) is 7.05 Å². The second-order valence-electron chi connectivity index (χ2n) is 6.96. The molecule has 4 rings (SSSR count). The molecule has 6 heteroatoms. The monoisotopic (exact) mass is 361 g/mol. The Labute approximate surface area is 158 Å². The minimum Gasteiger partial charge on any atom is -0.372 e. The number of anilines is 2. The summed E-state index contributed by atoms with van der Waals surface area (Å²) in [4.78, 5) is 19.7. The third kappa shape index (κ3) is 3.69. The number of nitrogens with zero attached hydrogens (tertiary/aromatic N) is 4. The topological polar surface area (TPSA) is 63.1 Å². The highest BCUT2D eigenvalue weighted by Crippen LogP contribution is 2.23. The van der Waals surface area contributed by atoms with E-state index in [0.717, 1.165) is 35.6 Å². The molecule has 0 radical (unpaired) electrons. The van der Waals surface area contributed by atoms with Crippen LogP contribution < -0.4 is 10.2 Å². The predicted octanol–water partition coefficient (Wildman–Crippen LogP) is 3.64. The van der Waals surface area contributed by atoms with Gasteiger partial charge in [-0.25, -0.2) is 4.98 Å². The van der Waals surface area contributed by atoms with Gasteiger partial charge in [0.25, 0.3) is 5.91 Å². The van der Waals surface area contributed by atoms with E-state index in [9.17, 15) is 4.79 Å². The van der Waals surface area contributed by atoms with Crippen LogP contribution in [0.5, 0.6) is 0 Å². The van der Waals surface area contributed by atoms with Gasteiger partial charge in [-0.2, -0.15) is 5.10 Å². The molecule has 2 aromatic heterocycles. The molecule has 138 valence electrons. The fourth-order valence-electron chi connectivity index (χ4n) is 3.39. The van der Waals surface area contributed by atoms with Gasteiger partial charge in [0.2, 0.25) is 0 Å². The molecule has 0 bridgehead atoms. The van der Waals surface area contributed by atoms with Crippen LogP contribution in [-0.4, -0.2) is 33.8 Å². The molecular weight excluding hydrogens is 338 g/mol. The average Bonchev–Trinajstić information content (AvgIpc) is 3.35. The van der Waals surface area contributed by atoms with Crippen molar-refractivity contribution in [3.05, 3.63) is 60.0 Å². The third-order valence-corrected chi connectivity index (χ3v) is 4.91. The minimum absolute atomic E-state index is 0.202. The van der Waals surface area contributed by atoms with Crippen molar-refractivity contribution in [1.29, 1.82) is 0 Å². The molecular formula is C21H23N5O. The fraction of sp³-hybridized carbons (Fsp3) is 0.286. The Kier molecular flexibility index (Phi) is 4.62. The third-order valence-electron chi connectivity index (χ3n) is 4.91. The van der Waals surface area contributed by atoms with Crippen LogP contribution in [0.1, 0.15) is 28.9 Å². The van der Waals surface area contributed by atoms with E-state index < -0.39 is 0 Å². The second kappa shape index (κ2) is 7.23. The Morgan fingerprint density at radius 3 is 2.48 bits per heavy atom. The Bertz CT molecular complexity index is 955. The lowest BCUT2D eigenvalue weighted by molar-refractivity contribution is 0.102. The number of carbonyl (C=O) groups excluding carboxylic acids is 1. The number of rotatable bonds is 4. The quantitative estimate of drug-likeness (QED) is 0.771. The highest BCUT2D eigenvalue weighted by molar-refractivity contribution is 6.04. The highest BCUT2D eigenvalue weighted by atomic mass is 16.1. The molecule has 1 N–H and O–H groups in total. The SMILES string of the molecule is Cc1ccc(-c2cnn(C)c2)nc1C(=O)Nc1ccc(N2CCCC2)cc1. The minimum atomic E-state index is -0.202. The van der Waals surface area contributed by atoms with Crippen molar-refractivity contribution < 1.29 is 4.79 Å². The number of amides is 1. The van der Waals surface area contributed by atoms with Crippen molar-refractivity contribution in [2.75, 3.05) is 23.3 Å². The van der Waals surface area contributed by atoms with Crippen LogP contribution in [0.3, 0.4) is 0 Å². The van der Waals surface area contributed by atoms with Crippen LogP contribution in [0.15, 0.2) is 48.8 Å². The van der Waals surface area contributed by atoms with E-state index in [1.165, 1.54) is 18.5 Å². The summed E-state index contributed by atoms with van der Waals surface area (Å²) in [5.74, 6) is -0.202. The number of nitrogens with one attached hydrogen (secondary N) is 1. The summed E-state index contributed by atoms with van der Waals surface area (Å²) >= 11 is 0. The molecule has 1 aromatic carbocycles. The van der Waals surface area contributed by atoms with E-state index in [1.54, 1.807) is 10.9 Å². The zero-order valence-corrected chi connectivity index (χ0v) is 15.6. The summed E-state index contributed by atoms with van der Waals surface area (Å²) < 4.78 is 1.72. The normalized spacial score (nSPS) is 13.8. The predicted molar refractivity (Wildman–Crippen MR) is 107 cm³/mol. The summed E-state index contributed by atoms with van der Waals surface area (Å²) in [7, 11) is 1.86. The van der Waals surface area contributed by atoms with Gasteiger partial charge in [-0.15, -0.1) is 0 Å². The summed E-state index contributed by atoms with van der Waals surface area (Å²) in [6, 6.07) is 11.9. The van der Waals surface area contributed by atoms with E-state index >= 15 is 0 Å². The van der Waals surface area contributed by atoms with Crippen LogP contribution in [-0.2, 0) is 7.05 Å². The Balaban J connectivity index is 1.52. The zero-order valence-electron chi connectivity index (χ0n) is 15.6. The van der Waals surface area contributed by atoms with Crippen molar-refractivity contribution >= 4 is 17.3 Å². The lowest BCUT2D eigenvalue weighted by Crippen LogP contribution is -2.18. The number of pyridine rings is 1. The first-order chi connectivity index (χ1) is 13.1. The molecule has 1 fully saturated rings. The van der Waals surface area contributed by atoms with Crippen molar-refractivity contribution in [3.63, 3.8) is 0 Å². The summed E-state index contributed by atoms with van der Waals surface area (Å²) in [5.41, 5.74) is 4.88. The van der Waals surface area contributed by atoms with E-state index in [0.29, 0.717) is 5.69 Å². The first-order valence-corrected chi connectivity index (χ1v) is 9.23. The molecule has 1 saturated heterocycles. The molecule has 1 aliphatic heterocycles. The van der Waals surface area contributed by atoms with E-state index in [2.05, 4.69) is 32.4 Å². The molecule has 27 heavy (non-hydrogen) atoms. The molecule has 1 aliphatic rings. The average molecular weight is 361 g/mol. The molecule has 3 heterocycles. The largest absolute Gasteiger partial charge is 0.372 e. The van der Waals surface area contributed by atoms with Gasteiger partial charge in [-0.05, 0) is 55.7 Å². The summed E-state index contributed by atoms with van der Waals surface area (Å²) in [6.45, 7) is 4.11. The lowest BCUT2D eigenvalue weighted by atomic mass is 10.1. The van der Waals surface area contributed by atoms with Crippen molar-refractivity contribution in [3.8, 4) is 11.3 Å². The molecule has 1 amide bonds. The molecule has 0 saturated carbocycles. The molecule has 6 nitrogen and oxygen atoms in total. The first kappa shape index (κ1) is 17.3. The Hall–Kier alpha value is -3.15. The summed E-state index contributed by atoms with van der Waals surface area (Å²) in [5, 5.41) is 7.13. The number of aryl methyl sites for hydroxylation is 2. The van der Waals surface area contributed by atoms with Crippen LogP contribution in [0.4, 0.5) is 11.4 Å². The van der Waals surface area contributed by atoms with Gasteiger partial charge in [0, 0.05) is 43.3 Å². The van der Waals surface area contributed by atoms with Gasteiger partial charge in [0.15, 0.2) is 0 Å². The lowest BCUT2D eigenvalue weighted by Gasteiger charge is -2.17.